The number of pyridine rings is 1. The van der Waals surface area contributed by atoms with Crippen molar-refractivity contribution in [1.82, 2.24) is 14.9 Å². The first-order chi connectivity index (χ1) is 14.5. The predicted molar refractivity (Wildman–Crippen MR) is 119 cm³/mol. The lowest BCUT2D eigenvalue weighted by Crippen LogP contribution is -2.46. The Balaban J connectivity index is 1.56. The van der Waals surface area contributed by atoms with E-state index in [9.17, 15) is 9.59 Å². The highest BCUT2D eigenvalue weighted by atomic mass is 32.1. The Morgan fingerprint density at radius 2 is 2.10 bits per heavy atom. The Kier molecular flexibility index (Phi) is 5.67. The van der Waals surface area contributed by atoms with Gasteiger partial charge in [-0.3, -0.25) is 9.59 Å². The number of thiazole rings is 1. The van der Waals surface area contributed by atoms with E-state index in [2.05, 4.69) is 22.2 Å². The van der Waals surface area contributed by atoms with Crippen LogP contribution in [0.15, 0.2) is 36.0 Å². The van der Waals surface area contributed by atoms with Crippen molar-refractivity contribution in [1.29, 1.82) is 0 Å². The molecule has 8 heteroatoms. The molecular weight excluding hydrogens is 398 g/mol. The maximum Gasteiger partial charge on any atom is 0.313 e. The monoisotopic (exact) mass is 423 g/mol. The zero-order valence-electron chi connectivity index (χ0n) is 17.1. The van der Waals surface area contributed by atoms with E-state index in [1.54, 1.807) is 22.3 Å². The van der Waals surface area contributed by atoms with Gasteiger partial charge in [0.1, 0.15) is 5.82 Å². The van der Waals surface area contributed by atoms with Gasteiger partial charge < -0.3 is 16.0 Å². The fraction of sp³-hybridized carbons (Fsp3) is 0.364. The number of nitrogens with zero attached hydrogens (tertiary/aromatic N) is 3. The first kappa shape index (κ1) is 20.3. The molecule has 3 N–H and O–H groups in total. The van der Waals surface area contributed by atoms with Gasteiger partial charge in [-0.15, -0.1) is 11.3 Å². The topological polar surface area (TPSA) is 101 Å². The standard InChI is InChI=1S/C22H25N5O2S/c1-3-14-8-16(10-24-20(14)23)26-21(28)22(29)27-11-13(2)4-6-18(27)15-5-7-19-17(9-15)25-12-30-19/h5,7-10,12-13,18H,3-4,6,11H2,1-2H3,(H2,23,24)(H,26,28). The van der Waals surface area contributed by atoms with Gasteiger partial charge in [0.25, 0.3) is 0 Å². The largest absolute Gasteiger partial charge is 0.383 e. The number of likely N-dealkylation sites (tertiary alicyclic amines) is 1. The van der Waals surface area contributed by atoms with E-state index in [1.807, 2.05) is 30.6 Å². The summed E-state index contributed by atoms with van der Waals surface area (Å²) in [6.07, 6.45) is 4.00. The molecule has 1 aliphatic heterocycles. The number of piperidine rings is 1. The Labute approximate surface area is 179 Å². The highest BCUT2D eigenvalue weighted by Crippen LogP contribution is 2.35. The van der Waals surface area contributed by atoms with Crippen LogP contribution in [0.1, 0.15) is 43.9 Å². The summed E-state index contributed by atoms with van der Waals surface area (Å²) in [7, 11) is 0. The number of aromatic nitrogens is 2. The fourth-order valence-corrected chi connectivity index (χ4v) is 4.65. The molecule has 2 unspecified atom stereocenters. The van der Waals surface area contributed by atoms with Gasteiger partial charge in [-0.05, 0) is 54.5 Å². The molecule has 2 atom stereocenters. The summed E-state index contributed by atoms with van der Waals surface area (Å²) in [5, 5.41) is 2.69. The number of carbonyl (C=O) groups is 2. The Morgan fingerprint density at radius 3 is 2.90 bits per heavy atom. The van der Waals surface area contributed by atoms with E-state index in [1.165, 1.54) is 6.20 Å². The highest BCUT2D eigenvalue weighted by molar-refractivity contribution is 7.16. The fourth-order valence-electron chi connectivity index (χ4n) is 3.99. The maximum atomic E-state index is 13.1. The van der Waals surface area contributed by atoms with Crippen molar-refractivity contribution in [2.24, 2.45) is 5.92 Å². The number of carbonyl (C=O) groups excluding carboxylic acids is 2. The van der Waals surface area contributed by atoms with Gasteiger partial charge in [0.05, 0.1) is 33.7 Å². The van der Waals surface area contributed by atoms with Crippen LogP contribution in [0.2, 0.25) is 0 Å². The average Bonchev–Trinajstić information content (AvgIpc) is 3.22. The Bertz CT molecular complexity index is 1100. The first-order valence-electron chi connectivity index (χ1n) is 10.2. The van der Waals surface area contributed by atoms with Crippen LogP contribution < -0.4 is 11.1 Å². The summed E-state index contributed by atoms with van der Waals surface area (Å²) in [6, 6.07) is 7.73. The Hall–Kier alpha value is -3.00. The van der Waals surface area contributed by atoms with E-state index in [0.717, 1.165) is 34.2 Å². The normalized spacial score (nSPS) is 19.1. The summed E-state index contributed by atoms with van der Waals surface area (Å²) < 4.78 is 1.11. The van der Waals surface area contributed by atoms with Crippen LogP contribution in [0.5, 0.6) is 0 Å². The number of benzene rings is 1. The van der Waals surface area contributed by atoms with Crippen LogP contribution in [-0.2, 0) is 16.0 Å². The molecular formula is C22H25N5O2S. The van der Waals surface area contributed by atoms with Crippen LogP contribution in [0.3, 0.4) is 0 Å². The van der Waals surface area contributed by atoms with Gasteiger partial charge in [-0.25, -0.2) is 9.97 Å². The third kappa shape index (κ3) is 4.00. The van der Waals surface area contributed by atoms with E-state index in [-0.39, 0.29) is 6.04 Å². The molecule has 1 aliphatic rings. The molecule has 0 aliphatic carbocycles. The molecule has 1 aromatic carbocycles. The lowest BCUT2D eigenvalue weighted by atomic mass is 9.89. The first-order valence-corrected chi connectivity index (χ1v) is 11.0. The van der Waals surface area contributed by atoms with Crippen LogP contribution in [-0.4, -0.2) is 33.2 Å². The molecule has 3 heterocycles. The molecule has 7 nitrogen and oxygen atoms in total. The van der Waals surface area contributed by atoms with Crippen molar-refractivity contribution < 1.29 is 9.59 Å². The molecule has 1 fully saturated rings. The number of amides is 2. The number of aryl methyl sites for hydroxylation is 1. The second-order valence-corrected chi connectivity index (χ2v) is 8.70. The van der Waals surface area contributed by atoms with Gasteiger partial charge in [0, 0.05) is 6.54 Å². The van der Waals surface area contributed by atoms with E-state index < -0.39 is 11.8 Å². The zero-order valence-corrected chi connectivity index (χ0v) is 17.9. The number of hydrogen-bond donors (Lipinski definition) is 2. The molecule has 2 aromatic heterocycles. The number of hydrogen-bond acceptors (Lipinski definition) is 6. The van der Waals surface area contributed by atoms with Crippen molar-refractivity contribution in [3.05, 3.63) is 47.1 Å². The molecule has 2 amide bonds. The Morgan fingerprint density at radius 1 is 1.27 bits per heavy atom. The van der Waals surface area contributed by atoms with Crippen LogP contribution in [0.4, 0.5) is 11.5 Å². The van der Waals surface area contributed by atoms with Gasteiger partial charge in [0.15, 0.2) is 0 Å². The third-order valence-corrected chi connectivity index (χ3v) is 6.46. The van der Waals surface area contributed by atoms with Gasteiger partial charge in [0.2, 0.25) is 0 Å². The number of nitrogens with two attached hydrogens (primary N) is 1. The van der Waals surface area contributed by atoms with Crippen LogP contribution >= 0.6 is 11.3 Å². The summed E-state index contributed by atoms with van der Waals surface area (Å²) in [5.74, 6) is -0.410. The number of rotatable bonds is 3. The highest BCUT2D eigenvalue weighted by Gasteiger charge is 2.34. The van der Waals surface area contributed by atoms with Crippen LogP contribution in [0, 0.1) is 5.92 Å². The van der Waals surface area contributed by atoms with Crippen molar-refractivity contribution >= 4 is 44.9 Å². The number of nitrogens with one attached hydrogen (secondary N) is 1. The van der Waals surface area contributed by atoms with Crippen molar-refractivity contribution in [3.63, 3.8) is 0 Å². The van der Waals surface area contributed by atoms with E-state index >= 15 is 0 Å². The lowest BCUT2D eigenvalue weighted by molar-refractivity contribution is -0.146. The zero-order chi connectivity index (χ0) is 21.3. The molecule has 0 radical (unpaired) electrons. The van der Waals surface area contributed by atoms with Crippen LogP contribution in [0.25, 0.3) is 10.2 Å². The quantitative estimate of drug-likeness (QED) is 0.625. The number of anilines is 2. The molecule has 0 bridgehead atoms. The molecule has 4 rings (SSSR count). The molecule has 3 aromatic rings. The molecule has 0 spiro atoms. The van der Waals surface area contributed by atoms with Crippen molar-refractivity contribution in [2.45, 2.75) is 39.2 Å². The van der Waals surface area contributed by atoms with E-state index in [0.29, 0.717) is 30.4 Å². The summed E-state index contributed by atoms with van der Waals surface area (Å²) in [5.41, 5.74) is 10.9. The average molecular weight is 424 g/mol. The number of nitrogen functional groups attached to an aromatic ring is 1. The predicted octanol–water partition coefficient (Wildman–Crippen LogP) is 3.77. The molecule has 1 saturated heterocycles. The third-order valence-electron chi connectivity index (χ3n) is 5.65. The SMILES string of the molecule is CCc1cc(NC(=O)C(=O)N2CC(C)CCC2c2ccc3scnc3c2)cnc1N. The van der Waals surface area contributed by atoms with Gasteiger partial charge >= 0.3 is 11.8 Å². The maximum absolute atomic E-state index is 13.1. The second-order valence-electron chi connectivity index (χ2n) is 7.81. The smallest absolute Gasteiger partial charge is 0.313 e. The molecule has 0 saturated carbocycles. The minimum atomic E-state index is -0.655. The van der Waals surface area contributed by atoms with E-state index in [4.69, 9.17) is 5.73 Å². The minimum Gasteiger partial charge on any atom is -0.383 e. The molecule has 30 heavy (non-hydrogen) atoms. The minimum absolute atomic E-state index is 0.138. The van der Waals surface area contributed by atoms with Gasteiger partial charge in [-0.2, -0.15) is 0 Å². The molecule has 156 valence electrons. The van der Waals surface area contributed by atoms with Crippen molar-refractivity contribution in [3.8, 4) is 0 Å². The second kappa shape index (κ2) is 8.39. The summed E-state index contributed by atoms with van der Waals surface area (Å²) in [6.45, 7) is 4.62. The number of fused-ring (bicyclic) bond motifs is 1. The van der Waals surface area contributed by atoms with Gasteiger partial charge in [-0.1, -0.05) is 19.9 Å². The summed E-state index contributed by atoms with van der Waals surface area (Å²) >= 11 is 1.59. The lowest BCUT2D eigenvalue weighted by Gasteiger charge is -2.38. The summed E-state index contributed by atoms with van der Waals surface area (Å²) in [4.78, 5) is 36.1. The van der Waals surface area contributed by atoms with Crippen molar-refractivity contribution in [2.75, 3.05) is 17.6 Å².